The van der Waals surface area contributed by atoms with Crippen LogP contribution >= 0.6 is 11.3 Å². The average Bonchev–Trinajstić information content (AvgIpc) is 3.39. The Bertz CT molecular complexity index is 1180. The first-order chi connectivity index (χ1) is 15.0. The molecule has 2 heterocycles. The second-order valence-electron chi connectivity index (χ2n) is 6.84. The molecule has 158 valence electrons. The molecule has 31 heavy (non-hydrogen) atoms. The third kappa shape index (κ3) is 4.18. The number of benzene rings is 2. The molecule has 6 nitrogen and oxygen atoms in total. The zero-order valence-electron chi connectivity index (χ0n) is 17.3. The Hall–Kier alpha value is -3.58. The highest BCUT2D eigenvalue weighted by atomic mass is 32.1. The van der Waals surface area contributed by atoms with E-state index in [1.165, 1.54) is 11.3 Å². The lowest BCUT2D eigenvalue weighted by molar-refractivity contribution is -0.133. The molecule has 1 aliphatic rings. The van der Waals surface area contributed by atoms with Gasteiger partial charge in [0.25, 0.3) is 0 Å². The van der Waals surface area contributed by atoms with Crippen LogP contribution in [0.4, 0.5) is 0 Å². The second kappa shape index (κ2) is 8.65. The highest BCUT2D eigenvalue weighted by molar-refractivity contribution is 7.10. The van der Waals surface area contributed by atoms with Gasteiger partial charge in [-0.15, -0.1) is 11.3 Å². The standard InChI is InChI=1S/C24H20O6S/c1-14-19(29-22(25)13-17-5-4-10-31-17)9-8-18-23(26)21(30-24(14)18)11-15-6-7-16(27-2)12-20(15)28-3/h4-12H,13H2,1-3H3/b21-11-. The summed E-state index contributed by atoms with van der Waals surface area (Å²) in [6.45, 7) is 1.76. The van der Waals surface area contributed by atoms with Crippen LogP contribution in [0.3, 0.4) is 0 Å². The van der Waals surface area contributed by atoms with E-state index in [9.17, 15) is 9.59 Å². The number of fused-ring (bicyclic) bond motifs is 1. The van der Waals surface area contributed by atoms with E-state index in [0.717, 1.165) is 4.88 Å². The second-order valence-corrected chi connectivity index (χ2v) is 7.88. The van der Waals surface area contributed by atoms with Crippen molar-refractivity contribution in [2.24, 2.45) is 0 Å². The van der Waals surface area contributed by atoms with Crippen molar-refractivity contribution >= 4 is 29.2 Å². The SMILES string of the molecule is COc1ccc(/C=C2\Oc3c(ccc(OC(=O)Cc4cccs4)c3C)C2=O)c(OC)c1. The fraction of sp³-hybridized carbons (Fsp3) is 0.167. The van der Waals surface area contributed by atoms with Crippen molar-refractivity contribution in [2.75, 3.05) is 14.2 Å². The smallest absolute Gasteiger partial charge is 0.316 e. The third-order valence-electron chi connectivity index (χ3n) is 4.89. The molecule has 2 aromatic carbocycles. The highest BCUT2D eigenvalue weighted by Crippen LogP contribution is 2.40. The predicted molar refractivity (Wildman–Crippen MR) is 117 cm³/mol. The maximum absolute atomic E-state index is 12.9. The number of hydrogen-bond acceptors (Lipinski definition) is 7. The number of Topliss-reactive ketones (excluding diaryl/α,β-unsaturated/α-hetero) is 1. The first-order valence-electron chi connectivity index (χ1n) is 9.53. The zero-order chi connectivity index (χ0) is 22.0. The summed E-state index contributed by atoms with van der Waals surface area (Å²) in [5.74, 6) is 1.52. The quantitative estimate of drug-likeness (QED) is 0.313. The molecular weight excluding hydrogens is 416 g/mol. The van der Waals surface area contributed by atoms with Crippen LogP contribution in [0.5, 0.6) is 23.0 Å². The Morgan fingerprint density at radius 2 is 1.94 bits per heavy atom. The Morgan fingerprint density at radius 1 is 1.10 bits per heavy atom. The van der Waals surface area contributed by atoms with Crippen molar-refractivity contribution in [3.63, 3.8) is 0 Å². The van der Waals surface area contributed by atoms with Crippen LogP contribution in [0.25, 0.3) is 6.08 Å². The van der Waals surface area contributed by atoms with Crippen molar-refractivity contribution in [1.29, 1.82) is 0 Å². The van der Waals surface area contributed by atoms with Gasteiger partial charge in [-0.1, -0.05) is 6.07 Å². The number of methoxy groups -OCH3 is 2. The normalized spacial score (nSPS) is 13.6. The largest absolute Gasteiger partial charge is 0.497 e. The number of allylic oxidation sites excluding steroid dienone is 1. The molecule has 0 bridgehead atoms. The number of esters is 1. The van der Waals surface area contributed by atoms with E-state index in [0.29, 0.717) is 39.7 Å². The minimum Gasteiger partial charge on any atom is -0.497 e. The fourth-order valence-corrected chi connectivity index (χ4v) is 3.96. The van der Waals surface area contributed by atoms with Crippen LogP contribution in [-0.2, 0) is 11.2 Å². The van der Waals surface area contributed by atoms with Crippen LogP contribution < -0.4 is 18.9 Å². The molecule has 0 radical (unpaired) electrons. The van der Waals surface area contributed by atoms with Crippen molar-refractivity contribution in [2.45, 2.75) is 13.3 Å². The van der Waals surface area contributed by atoms with E-state index in [1.807, 2.05) is 17.5 Å². The maximum Gasteiger partial charge on any atom is 0.316 e. The summed E-state index contributed by atoms with van der Waals surface area (Å²) in [5, 5.41) is 1.91. The first-order valence-corrected chi connectivity index (χ1v) is 10.4. The van der Waals surface area contributed by atoms with Crippen LogP contribution in [0.15, 0.2) is 53.6 Å². The molecule has 3 aromatic rings. The number of hydrogen-bond donors (Lipinski definition) is 0. The summed E-state index contributed by atoms with van der Waals surface area (Å²) < 4.78 is 22.0. The highest BCUT2D eigenvalue weighted by Gasteiger charge is 2.31. The van der Waals surface area contributed by atoms with Gasteiger partial charge >= 0.3 is 5.97 Å². The Labute approximate surface area is 183 Å². The molecule has 7 heteroatoms. The average molecular weight is 436 g/mol. The van der Waals surface area contributed by atoms with E-state index in [4.69, 9.17) is 18.9 Å². The summed E-state index contributed by atoms with van der Waals surface area (Å²) in [6, 6.07) is 12.3. The topological polar surface area (TPSA) is 71.1 Å². The van der Waals surface area contributed by atoms with Crippen molar-refractivity contribution in [3.05, 3.63) is 75.2 Å². The lowest BCUT2D eigenvalue weighted by atomic mass is 10.1. The molecule has 0 unspecified atom stereocenters. The lowest BCUT2D eigenvalue weighted by Gasteiger charge is -2.10. The van der Waals surface area contributed by atoms with Gasteiger partial charge < -0.3 is 18.9 Å². The van der Waals surface area contributed by atoms with Gasteiger partial charge in [0.1, 0.15) is 23.0 Å². The van der Waals surface area contributed by atoms with Gasteiger partial charge in [-0.3, -0.25) is 9.59 Å². The zero-order valence-corrected chi connectivity index (χ0v) is 18.1. The number of rotatable bonds is 6. The van der Waals surface area contributed by atoms with Crippen LogP contribution in [0.2, 0.25) is 0 Å². The molecule has 1 aliphatic heterocycles. The molecular formula is C24H20O6S. The monoisotopic (exact) mass is 436 g/mol. The Kier molecular flexibility index (Phi) is 5.77. The minimum absolute atomic E-state index is 0.170. The van der Waals surface area contributed by atoms with Crippen molar-refractivity contribution in [3.8, 4) is 23.0 Å². The minimum atomic E-state index is -0.367. The Morgan fingerprint density at radius 3 is 2.65 bits per heavy atom. The number of thiophene rings is 1. The van der Waals surface area contributed by atoms with Crippen molar-refractivity contribution in [1.82, 2.24) is 0 Å². The van der Waals surface area contributed by atoms with Gasteiger partial charge in [-0.2, -0.15) is 0 Å². The maximum atomic E-state index is 12.9. The number of ether oxygens (including phenoxy) is 4. The van der Waals surface area contributed by atoms with Crippen LogP contribution in [0, 0.1) is 6.92 Å². The molecule has 0 saturated heterocycles. The predicted octanol–water partition coefficient (Wildman–Crippen LogP) is 4.84. The molecule has 0 amide bonds. The van der Waals surface area contributed by atoms with Gasteiger partial charge in [-0.25, -0.2) is 0 Å². The summed E-state index contributed by atoms with van der Waals surface area (Å²) in [4.78, 5) is 26.0. The summed E-state index contributed by atoms with van der Waals surface area (Å²) in [5.41, 5.74) is 1.70. The van der Waals surface area contributed by atoms with E-state index in [-0.39, 0.29) is 23.9 Å². The van der Waals surface area contributed by atoms with Gasteiger partial charge in [-0.05, 0) is 48.7 Å². The summed E-state index contributed by atoms with van der Waals surface area (Å²) in [6.07, 6.45) is 1.82. The van der Waals surface area contributed by atoms with E-state index < -0.39 is 0 Å². The summed E-state index contributed by atoms with van der Waals surface area (Å²) >= 11 is 1.50. The third-order valence-corrected chi connectivity index (χ3v) is 5.76. The fourth-order valence-electron chi connectivity index (χ4n) is 3.27. The van der Waals surface area contributed by atoms with Crippen LogP contribution in [-0.4, -0.2) is 26.0 Å². The number of ketones is 1. The molecule has 0 saturated carbocycles. The van der Waals surface area contributed by atoms with E-state index >= 15 is 0 Å². The lowest BCUT2D eigenvalue weighted by Crippen LogP contribution is -2.11. The molecule has 0 fully saturated rings. The summed E-state index contributed by atoms with van der Waals surface area (Å²) in [7, 11) is 3.12. The Balaban J connectivity index is 1.58. The van der Waals surface area contributed by atoms with Gasteiger partial charge in [0.15, 0.2) is 5.76 Å². The molecule has 0 atom stereocenters. The van der Waals surface area contributed by atoms with Gasteiger partial charge in [0.05, 0.1) is 26.2 Å². The van der Waals surface area contributed by atoms with Crippen LogP contribution in [0.1, 0.15) is 26.4 Å². The van der Waals surface area contributed by atoms with Gasteiger partial charge in [0, 0.05) is 22.1 Å². The first kappa shape index (κ1) is 20.7. The van der Waals surface area contributed by atoms with E-state index in [1.54, 1.807) is 57.6 Å². The van der Waals surface area contributed by atoms with Gasteiger partial charge in [0.2, 0.25) is 5.78 Å². The molecule has 4 rings (SSSR count). The molecule has 0 spiro atoms. The number of carbonyl (C=O) groups excluding carboxylic acids is 2. The van der Waals surface area contributed by atoms with E-state index in [2.05, 4.69) is 0 Å². The van der Waals surface area contributed by atoms with Crippen molar-refractivity contribution < 1.29 is 28.5 Å². The molecule has 0 N–H and O–H groups in total. The number of carbonyl (C=O) groups is 2. The molecule has 1 aromatic heterocycles. The molecule has 0 aliphatic carbocycles.